The summed E-state index contributed by atoms with van der Waals surface area (Å²) in [7, 11) is 0. The monoisotopic (exact) mass is 273 g/mol. The number of nitrogens with zero attached hydrogens (tertiary/aromatic N) is 2. The third-order valence-corrected chi connectivity index (χ3v) is 2.96. The van der Waals surface area contributed by atoms with E-state index in [-0.39, 0.29) is 23.1 Å². The summed E-state index contributed by atoms with van der Waals surface area (Å²) in [4.78, 5) is 16.2. The van der Waals surface area contributed by atoms with Gasteiger partial charge >= 0.3 is 0 Å². The van der Waals surface area contributed by atoms with Crippen molar-refractivity contribution in [2.45, 2.75) is 6.54 Å². The average Bonchev–Trinajstić information content (AvgIpc) is 3.04. The minimum Gasteiger partial charge on any atom is -0.453 e. The van der Waals surface area contributed by atoms with Crippen molar-refractivity contribution in [3.05, 3.63) is 54.1 Å². The highest BCUT2D eigenvalue weighted by molar-refractivity contribution is 6.07. The molecule has 1 aromatic carbocycles. The van der Waals surface area contributed by atoms with E-state index >= 15 is 0 Å². The molecule has 6 heteroatoms. The first-order valence-electron chi connectivity index (χ1n) is 6.13. The number of hydrogen-bond acceptors (Lipinski definition) is 4. The number of benzene rings is 1. The number of nitrogens with two attached hydrogens (primary N) is 1. The fraction of sp³-hybridized carbons (Fsp3) is 0.143. The van der Waals surface area contributed by atoms with Crippen LogP contribution in [0.3, 0.4) is 0 Å². The SMILES string of the molecule is NCCn1cnc(C(=O)c2cc3cc(F)ccc3o2)c1. The van der Waals surface area contributed by atoms with Gasteiger partial charge in [-0.15, -0.1) is 0 Å². The van der Waals surface area contributed by atoms with Gasteiger partial charge in [0.15, 0.2) is 5.76 Å². The van der Waals surface area contributed by atoms with Gasteiger partial charge in [-0.1, -0.05) is 0 Å². The van der Waals surface area contributed by atoms with Crippen molar-refractivity contribution < 1.29 is 13.6 Å². The minimum atomic E-state index is -0.371. The van der Waals surface area contributed by atoms with E-state index in [1.165, 1.54) is 24.3 Å². The molecule has 3 aromatic rings. The number of aromatic nitrogens is 2. The molecule has 2 aromatic heterocycles. The molecule has 0 aliphatic rings. The van der Waals surface area contributed by atoms with E-state index in [4.69, 9.17) is 10.2 Å². The number of halogens is 1. The van der Waals surface area contributed by atoms with Crippen molar-refractivity contribution in [3.8, 4) is 0 Å². The summed E-state index contributed by atoms with van der Waals surface area (Å²) in [5.41, 5.74) is 6.18. The zero-order chi connectivity index (χ0) is 14.1. The predicted molar refractivity (Wildman–Crippen MR) is 70.9 cm³/mol. The van der Waals surface area contributed by atoms with E-state index in [1.54, 1.807) is 17.1 Å². The molecule has 0 radical (unpaired) electrons. The van der Waals surface area contributed by atoms with Gasteiger partial charge in [0.1, 0.15) is 17.1 Å². The van der Waals surface area contributed by atoms with Crippen LogP contribution in [0.5, 0.6) is 0 Å². The van der Waals surface area contributed by atoms with Crippen molar-refractivity contribution in [3.63, 3.8) is 0 Å². The maximum Gasteiger partial charge on any atom is 0.248 e. The van der Waals surface area contributed by atoms with Gasteiger partial charge in [0.25, 0.3) is 0 Å². The number of rotatable bonds is 4. The topological polar surface area (TPSA) is 74.1 Å². The van der Waals surface area contributed by atoms with E-state index < -0.39 is 0 Å². The molecular weight excluding hydrogens is 261 g/mol. The Kier molecular flexibility index (Phi) is 3.08. The molecule has 0 atom stereocenters. The Bertz CT molecular complexity index is 776. The molecule has 0 amide bonds. The quantitative estimate of drug-likeness (QED) is 0.737. The van der Waals surface area contributed by atoms with Crippen molar-refractivity contribution in [1.82, 2.24) is 9.55 Å². The van der Waals surface area contributed by atoms with Crippen molar-refractivity contribution in [2.24, 2.45) is 5.73 Å². The van der Waals surface area contributed by atoms with Crippen LogP contribution in [0.2, 0.25) is 0 Å². The number of carbonyl (C=O) groups excluding carboxylic acids is 1. The second-order valence-corrected chi connectivity index (χ2v) is 4.41. The molecule has 2 N–H and O–H groups in total. The first-order valence-corrected chi connectivity index (χ1v) is 6.13. The van der Waals surface area contributed by atoms with Gasteiger partial charge in [0, 0.05) is 24.7 Å². The van der Waals surface area contributed by atoms with Crippen LogP contribution in [-0.2, 0) is 6.54 Å². The van der Waals surface area contributed by atoms with Crippen molar-refractivity contribution >= 4 is 16.8 Å². The molecule has 0 spiro atoms. The second kappa shape index (κ2) is 4.90. The molecule has 0 aliphatic heterocycles. The molecule has 102 valence electrons. The molecule has 3 rings (SSSR count). The molecule has 0 bridgehead atoms. The fourth-order valence-electron chi connectivity index (χ4n) is 2.00. The lowest BCUT2D eigenvalue weighted by molar-refractivity contribution is 0.101. The van der Waals surface area contributed by atoms with Crippen LogP contribution in [0.4, 0.5) is 4.39 Å². The smallest absolute Gasteiger partial charge is 0.248 e. The second-order valence-electron chi connectivity index (χ2n) is 4.41. The molecule has 0 aliphatic carbocycles. The van der Waals surface area contributed by atoms with Gasteiger partial charge < -0.3 is 14.7 Å². The summed E-state index contributed by atoms with van der Waals surface area (Å²) in [5, 5.41) is 0.551. The van der Waals surface area contributed by atoms with Crippen LogP contribution in [0.25, 0.3) is 11.0 Å². The van der Waals surface area contributed by atoms with E-state index in [1.807, 2.05) is 0 Å². The molecule has 0 unspecified atom stereocenters. The molecule has 2 heterocycles. The first-order chi connectivity index (χ1) is 9.67. The normalized spacial score (nSPS) is 11.1. The highest BCUT2D eigenvalue weighted by atomic mass is 19.1. The molecule has 0 saturated heterocycles. The van der Waals surface area contributed by atoms with Gasteiger partial charge in [0.05, 0.1) is 6.33 Å². The molecule has 0 saturated carbocycles. The number of hydrogen-bond donors (Lipinski definition) is 1. The van der Waals surface area contributed by atoms with Crippen molar-refractivity contribution in [1.29, 1.82) is 0 Å². The van der Waals surface area contributed by atoms with Crippen LogP contribution < -0.4 is 5.73 Å². The van der Waals surface area contributed by atoms with Crippen LogP contribution in [-0.4, -0.2) is 21.9 Å². The molecular formula is C14H12FN3O2. The standard InChI is InChI=1S/C14H12FN3O2/c15-10-1-2-12-9(5-10)6-13(20-12)14(19)11-7-18(4-3-16)8-17-11/h1-2,5-8H,3-4,16H2. The van der Waals surface area contributed by atoms with Crippen molar-refractivity contribution in [2.75, 3.05) is 6.54 Å². The predicted octanol–water partition coefficient (Wildman–Crippen LogP) is 1.96. The summed E-state index contributed by atoms with van der Waals surface area (Å²) in [6.07, 6.45) is 3.16. The van der Waals surface area contributed by atoms with Crippen LogP contribution in [0, 0.1) is 5.82 Å². The van der Waals surface area contributed by atoms with Gasteiger partial charge in [0.2, 0.25) is 5.78 Å². The van der Waals surface area contributed by atoms with Gasteiger partial charge in [-0.05, 0) is 24.3 Å². The molecule has 5 nitrogen and oxygen atoms in total. The summed E-state index contributed by atoms with van der Waals surface area (Å²) in [6, 6.07) is 5.62. The lowest BCUT2D eigenvalue weighted by Gasteiger charge is -1.95. The molecule has 0 fully saturated rings. The van der Waals surface area contributed by atoms with E-state index in [2.05, 4.69) is 4.98 Å². The molecule has 20 heavy (non-hydrogen) atoms. The number of imidazole rings is 1. The number of fused-ring (bicyclic) bond motifs is 1. The van der Waals surface area contributed by atoms with Gasteiger partial charge in [-0.25, -0.2) is 9.37 Å². The maximum absolute atomic E-state index is 13.1. The number of furan rings is 1. The first kappa shape index (κ1) is 12.6. The Labute approximate surface area is 113 Å². The third-order valence-electron chi connectivity index (χ3n) is 2.96. The summed E-state index contributed by atoms with van der Waals surface area (Å²) in [5.74, 6) is -0.564. The van der Waals surface area contributed by atoms with Crippen LogP contribution in [0.15, 0.2) is 41.2 Å². The average molecular weight is 273 g/mol. The maximum atomic E-state index is 13.1. The van der Waals surface area contributed by atoms with E-state index in [0.717, 1.165) is 0 Å². The third kappa shape index (κ3) is 2.21. The highest BCUT2D eigenvalue weighted by Gasteiger charge is 2.17. The lowest BCUT2D eigenvalue weighted by Crippen LogP contribution is -2.08. The Morgan fingerprint density at radius 1 is 1.40 bits per heavy atom. The fourth-order valence-corrected chi connectivity index (χ4v) is 2.00. The Balaban J connectivity index is 1.94. The summed E-state index contributed by atoms with van der Waals surface area (Å²) >= 11 is 0. The number of carbonyl (C=O) groups is 1. The lowest BCUT2D eigenvalue weighted by atomic mass is 10.2. The highest BCUT2D eigenvalue weighted by Crippen LogP contribution is 2.22. The van der Waals surface area contributed by atoms with E-state index in [0.29, 0.717) is 24.1 Å². The van der Waals surface area contributed by atoms with Gasteiger partial charge in [-0.2, -0.15) is 0 Å². The summed E-state index contributed by atoms with van der Waals surface area (Å²) in [6.45, 7) is 1.06. The number of ketones is 1. The van der Waals surface area contributed by atoms with E-state index in [9.17, 15) is 9.18 Å². The summed E-state index contributed by atoms with van der Waals surface area (Å²) < 4.78 is 20.3. The Morgan fingerprint density at radius 2 is 2.25 bits per heavy atom. The van der Waals surface area contributed by atoms with Gasteiger partial charge in [-0.3, -0.25) is 4.79 Å². The Hall–Kier alpha value is -2.47. The largest absolute Gasteiger partial charge is 0.453 e. The zero-order valence-electron chi connectivity index (χ0n) is 10.5. The zero-order valence-corrected chi connectivity index (χ0v) is 10.5. The minimum absolute atomic E-state index is 0.142. The van der Waals surface area contributed by atoms with Crippen LogP contribution in [0.1, 0.15) is 16.2 Å². The Morgan fingerprint density at radius 3 is 3.05 bits per heavy atom. The van der Waals surface area contributed by atoms with Crippen LogP contribution >= 0.6 is 0 Å².